The molecular formula is C25H24N2O4. The van der Waals surface area contributed by atoms with Crippen LogP contribution in [0.2, 0.25) is 0 Å². The van der Waals surface area contributed by atoms with E-state index in [2.05, 4.69) is 5.32 Å². The van der Waals surface area contributed by atoms with E-state index in [9.17, 15) is 19.5 Å². The van der Waals surface area contributed by atoms with Gasteiger partial charge < -0.3 is 10.4 Å². The third kappa shape index (κ3) is 4.43. The van der Waals surface area contributed by atoms with Gasteiger partial charge in [-0.2, -0.15) is 0 Å². The van der Waals surface area contributed by atoms with Crippen molar-refractivity contribution in [2.24, 2.45) is 0 Å². The van der Waals surface area contributed by atoms with E-state index in [1.165, 1.54) is 4.90 Å². The molecule has 3 amide bonds. The van der Waals surface area contributed by atoms with Crippen LogP contribution in [-0.2, 0) is 11.2 Å². The Labute approximate surface area is 180 Å². The smallest absolute Gasteiger partial charge is 0.261 e. The van der Waals surface area contributed by atoms with E-state index in [0.717, 1.165) is 23.8 Å². The third-order valence-corrected chi connectivity index (χ3v) is 5.54. The van der Waals surface area contributed by atoms with Crippen LogP contribution in [0.15, 0.2) is 60.7 Å². The van der Waals surface area contributed by atoms with E-state index in [0.29, 0.717) is 29.5 Å². The molecule has 0 unspecified atom stereocenters. The van der Waals surface area contributed by atoms with Gasteiger partial charge in [-0.15, -0.1) is 0 Å². The standard InChI is InChI=1S/C25H24N2O4/c28-19-13-11-17(12-14-19)5-3-15-26-22(29)10-4-16-27-24(30)20-8-1-6-18-7-2-9-21(23(18)20)25(27)31/h1-2,6-9,11-14,28H,3-5,10,15-16H2,(H,26,29). The van der Waals surface area contributed by atoms with Crippen LogP contribution < -0.4 is 5.32 Å². The van der Waals surface area contributed by atoms with Gasteiger partial charge in [-0.25, -0.2) is 0 Å². The third-order valence-electron chi connectivity index (χ3n) is 5.54. The maximum absolute atomic E-state index is 12.8. The van der Waals surface area contributed by atoms with Gasteiger partial charge in [-0.1, -0.05) is 36.4 Å². The average molecular weight is 416 g/mol. The molecule has 0 aromatic heterocycles. The highest BCUT2D eigenvalue weighted by molar-refractivity contribution is 6.25. The average Bonchev–Trinajstić information content (AvgIpc) is 2.78. The van der Waals surface area contributed by atoms with E-state index in [1.54, 1.807) is 24.3 Å². The summed E-state index contributed by atoms with van der Waals surface area (Å²) in [4.78, 5) is 39.1. The Balaban J connectivity index is 1.26. The quantitative estimate of drug-likeness (QED) is 0.433. The van der Waals surface area contributed by atoms with E-state index in [1.807, 2.05) is 36.4 Å². The Morgan fingerprint density at radius 2 is 1.52 bits per heavy atom. The van der Waals surface area contributed by atoms with Crippen molar-refractivity contribution in [2.45, 2.75) is 25.7 Å². The van der Waals surface area contributed by atoms with Gasteiger partial charge in [-0.05, 0) is 54.5 Å². The second-order valence-electron chi connectivity index (χ2n) is 7.69. The molecular weight excluding hydrogens is 392 g/mol. The Bertz CT molecular complexity index is 1090. The van der Waals surface area contributed by atoms with E-state index >= 15 is 0 Å². The zero-order valence-corrected chi connectivity index (χ0v) is 17.1. The number of hydrogen-bond donors (Lipinski definition) is 2. The maximum Gasteiger partial charge on any atom is 0.261 e. The van der Waals surface area contributed by atoms with Crippen LogP contribution in [-0.4, -0.2) is 40.8 Å². The maximum atomic E-state index is 12.8. The molecule has 0 saturated heterocycles. The van der Waals surface area contributed by atoms with Crippen LogP contribution in [0.5, 0.6) is 5.75 Å². The van der Waals surface area contributed by atoms with Gasteiger partial charge >= 0.3 is 0 Å². The Morgan fingerprint density at radius 3 is 2.16 bits per heavy atom. The van der Waals surface area contributed by atoms with Crippen molar-refractivity contribution in [2.75, 3.05) is 13.1 Å². The molecule has 1 aliphatic heterocycles. The topological polar surface area (TPSA) is 86.7 Å². The van der Waals surface area contributed by atoms with Crippen LogP contribution in [0.1, 0.15) is 45.5 Å². The minimum atomic E-state index is -0.302. The normalized spacial score (nSPS) is 13.0. The lowest BCUT2D eigenvalue weighted by Gasteiger charge is -2.27. The highest BCUT2D eigenvalue weighted by Crippen LogP contribution is 2.30. The fraction of sp³-hybridized carbons (Fsp3) is 0.240. The molecule has 0 radical (unpaired) electrons. The molecule has 1 aliphatic rings. The molecule has 0 spiro atoms. The monoisotopic (exact) mass is 416 g/mol. The molecule has 1 heterocycles. The van der Waals surface area contributed by atoms with Crippen molar-refractivity contribution in [1.29, 1.82) is 0 Å². The first-order chi connectivity index (χ1) is 15.0. The number of amides is 3. The molecule has 0 bridgehead atoms. The summed E-state index contributed by atoms with van der Waals surface area (Å²) in [7, 11) is 0. The number of nitrogens with one attached hydrogen (secondary N) is 1. The fourth-order valence-corrected chi connectivity index (χ4v) is 3.95. The molecule has 0 aliphatic carbocycles. The number of imide groups is 1. The number of carbonyl (C=O) groups excluding carboxylic acids is 3. The van der Waals surface area contributed by atoms with Gasteiger partial charge in [0.05, 0.1) is 0 Å². The first kappa shape index (κ1) is 20.6. The van der Waals surface area contributed by atoms with Crippen LogP contribution >= 0.6 is 0 Å². The van der Waals surface area contributed by atoms with Crippen LogP contribution in [0.4, 0.5) is 0 Å². The number of nitrogens with zero attached hydrogens (tertiary/aromatic N) is 1. The molecule has 4 rings (SSSR count). The number of carbonyl (C=O) groups is 3. The van der Waals surface area contributed by atoms with Gasteiger partial charge in [0.15, 0.2) is 0 Å². The van der Waals surface area contributed by atoms with Gasteiger partial charge in [0.2, 0.25) is 5.91 Å². The predicted molar refractivity (Wildman–Crippen MR) is 118 cm³/mol. The van der Waals surface area contributed by atoms with Gasteiger partial charge in [0.1, 0.15) is 5.75 Å². The van der Waals surface area contributed by atoms with Gasteiger partial charge in [0, 0.05) is 36.0 Å². The molecule has 2 N–H and O–H groups in total. The largest absolute Gasteiger partial charge is 0.508 e. The summed E-state index contributed by atoms with van der Waals surface area (Å²) in [6.45, 7) is 0.764. The summed E-state index contributed by atoms with van der Waals surface area (Å²) in [5.74, 6) is -0.458. The highest BCUT2D eigenvalue weighted by Gasteiger charge is 2.32. The van der Waals surface area contributed by atoms with Gasteiger partial charge in [-0.3, -0.25) is 19.3 Å². The summed E-state index contributed by atoms with van der Waals surface area (Å²) in [6, 6.07) is 17.9. The van der Waals surface area contributed by atoms with Gasteiger partial charge in [0.25, 0.3) is 11.8 Å². The van der Waals surface area contributed by atoms with E-state index in [-0.39, 0.29) is 36.4 Å². The molecule has 158 valence electrons. The second-order valence-corrected chi connectivity index (χ2v) is 7.69. The van der Waals surface area contributed by atoms with Crippen molar-refractivity contribution in [1.82, 2.24) is 10.2 Å². The van der Waals surface area contributed by atoms with Crippen molar-refractivity contribution < 1.29 is 19.5 Å². The molecule has 31 heavy (non-hydrogen) atoms. The summed E-state index contributed by atoms with van der Waals surface area (Å²) >= 11 is 0. The number of rotatable bonds is 8. The molecule has 6 nitrogen and oxygen atoms in total. The number of phenols is 1. The molecule has 0 fully saturated rings. The lowest BCUT2D eigenvalue weighted by atomic mass is 9.94. The molecule has 3 aromatic rings. The highest BCUT2D eigenvalue weighted by atomic mass is 16.3. The molecule has 0 atom stereocenters. The SMILES string of the molecule is O=C(CCCN1C(=O)c2cccc3cccc(c23)C1=O)NCCCc1ccc(O)cc1. The molecule has 3 aromatic carbocycles. The molecule has 0 saturated carbocycles. The number of aryl methyl sites for hydroxylation is 1. The Kier molecular flexibility index (Phi) is 5.98. The van der Waals surface area contributed by atoms with Crippen LogP contribution in [0, 0.1) is 0 Å². The second kappa shape index (κ2) is 9.00. The molecule has 6 heteroatoms. The Hall–Kier alpha value is -3.67. The van der Waals surface area contributed by atoms with Crippen molar-refractivity contribution in [3.8, 4) is 5.75 Å². The van der Waals surface area contributed by atoms with E-state index in [4.69, 9.17) is 0 Å². The first-order valence-corrected chi connectivity index (χ1v) is 10.5. The Morgan fingerprint density at radius 1 is 0.871 bits per heavy atom. The first-order valence-electron chi connectivity index (χ1n) is 10.5. The predicted octanol–water partition coefficient (Wildman–Crippen LogP) is 3.67. The number of aromatic hydroxyl groups is 1. The van der Waals surface area contributed by atoms with Crippen LogP contribution in [0.3, 0.4) is 0 Å². The summed E-state index contributed by atoms with van der Waals surface area (Å²) in [6.07, 6.45) is 2.27. The zero-order chi connectivity index (χ0) is 21.8. The zero-order valence-electron chi connectivity index (χ0n) is 17.1. The van der Waals surface area contributed by atoms with Crippen LogP contribution in [0.25, 0.3) is 10.8 Å². The summed E-state index contributed by atoms with van der Waals surface area (Å²) in [5.41, 5.74) is 2.17. The van der Waals surface area contributed by atoms with E-state index < -0.39 is 0 Å². The number of hydrogen-bond acceptors (Lipinski definition) is 4. The minimum Gasteiger partial charge on any atom is -0.508 e. The number of benzene rings is 3. The fourth-order valence-electron chi connectivity index (χ4n) is 3.95. The van der Waals surface area contributed by atoms with Crippen molar-refractivity contribution in [3.05, 3.63) is 77.4 Å². The number of phenolic OH excluding ortho intramolecular Hbond substituents is 1. The lowest BCUT2D eigenvalue weighted by Crippen LogP contribution is -2.41. The van der Waals surface area contributed by atoms with Crippen molar-refractivity contribution >= 4 is 28.5 Å². The minimum absolute atomic E-state index is 0.0925. The van der Waals surface area contributed by atoms with Crippen molar-refractivity contribution in [3.63, 3.8) is 0 Å². The summed E-state index contributed by atoms with van der Waals surface area (Å²) < 4.78 is 0. The lowest BCUT2D eigenvalue weighted by molar-refractivity contribution is -0.121. The summed E-state index contributed by atoms with van der Waals surface area (Å²) in [5, 5.41) is 13.8.